The molecule has 0 saturated carbocycles. The Hall–Kier alpha value is -1.37. The molecular formula is C15H17F3N2S. The maximum atomic E-state index is 12.7. The van der Waals surface area contributed by atoms with Gasteiger partial charge in [0, 0.05) is 4.88 Å². The Labute approximate surface area is 125 Å². The third-order valence-electron chi connectivity index (χ3n) is 3.37. The lowest BCUT2D eigenvalue weighted by molar-refractivity contribution is -0.137. The molecule has 0 saturated heterocycles. The summed E-state index contributed by atoms with van der Waals surface area (Å²) in [6, 6.07) is 7.24. The number of hydrogen-bond acceptors (Lipinski definition) is 3. The van der Waals surface area contributed by atoms with E-state index in [0.717, 1.165) is 17.4 Å². The van der Waals surface area contributed by atoms with Crippen LogP contribution in [0.2, 0.25) is 0 Å². The van der Waals surface area contributed by atoms with Crippen LogP contribution in [0.15, 0.2) is 35.7 Å². The van der Waals surface area contributed by atoms with Gasteiger partial charge in [-0.05, 0) is 41.5 Å². The van der Waals surface area contributed by atoms with E-state index in [2.05, 4.69) is 5.43 Å². The average molecular weight is 314 g/mol. The van der Waals surface area contributed by atoms with E-state index >= 15 is 0 Å². The van der Waals surface area contributed by atoms with E-state index in [9.17, 15) is 13.2 Å². The fourth-order valence-electron chi connectivity index (χ4n) is 2.28. The van der Waals surface area contributed by atoms with E-state index in [0.29, 0.717) is 12.0 Å². The number of rotatable bonds is 5. The summed E-state index contributed by atoms with van der Waals surface area (Å²) in [6.45, 7) is 2.05. The second-order valence-corrected chi connectivity index (χ2v) is 5.73. The van der Waals surface area contributed by atoms with Gasteiger partial charge in [-0.2, -0.15) is 13.2 Å². The second-order valence-electron chi connectivity index (χ2n) is 4.79. The maximum absolute atomic E-state index is 12.7. The molecule has 21 heavy (non-hydrogen) atoms. The Morgan fingerprint density at radius 3 is 2.67 bits per heavy atom. The zero-order valence-electron chi connectivity index (χ0n) is 11.6. The Kier molecular flexibility index (Phi) is 5.03. The molecule has 0 amide bonds. The number of aryl methyl sites for hydroxylation is 1. The third kappa shape index (κ3) is 3.84. The van der Waals surface area contributed by atoms with Gasteiger partial charge in [-0.3, -0.25) is 11.3 Å². The highest BCUT2D eigenvalue weighted by Gasteiger charge is 2.30. The van der Waals surface area contributed by atoms with Crippen LogP contribution in [0, 0.1) is 0 Å². The fourth-order valence-corrected chi connectivity index (χ4v) is 3.34. The van der Waals surface area contributed by atoms with Crippen molar-refractivity contribution in [3.05, 3.63) is 57.3 Å². The Morgan fingerprint density at radius 2 is 2.05 bits per heavy atom. The van der Waals surface area contributed by atoms with E-state index in [-0.39, 0.29) is 6.04 Å². The SMILES string of the molecule is CCc1ccsc1C(Cc1cccc(C(F)(F)F)c1)NN. The smallest absolute Gasteiger partial charge is 0.271 e. The molecule has 1 atom stereocenters. The lowest BCUT2D eigenvalue weighted by atomic mass is 10.00. The van der Waals surface area contributed by atoms with Crippen molar-refractivity contribution in [2.45, 2.75) is 32.0 Å². The van der Waals surface area contributed by atoms with Crippen molar-refractivity contribution in [3.8, 4) is 0 Å². The number of nitrogens with two attached hydrogens (primary N) is 1. The van der Waals surface area contributed by atoms with Crippen LogP contribution in [0.1, 0.15) is 34.5 Å². The summed E-state index contributed by atoms with van der Waals surface area (Å²) < 4.78 is 38.2. The predicted octanol–water partition coefficient (Wildman–Crippen LogP) is 4.08. The van der Waals surface area contributed by atoms with Gasteiger partial charge in [0.05, 0.1) is 11.6 Å². The molecule has 114 valence electrons. The van der Waals surface area contributed by atoms with Crippen molar-refractivity contribution in [1.29, 1.82) is 0 Å². The van der Waals surface area contributed by atoms with Crippen LogP contribution in [0.25, 0.3) is 0 Å². The largest absolute Gasteiger partial charge is 0.416 e. The highest BCUT2D eigenvalue weighted by Crippen LogP contribution is 2.31. The van der Waals surface area contributed by atoms with Gasteiger partial charge in [-0.25, -0.2) is 0 Å². The number of nitrogens with one attached hydrogen (secondary N) is 1. The summed E-state index contributed by atoms with van der Waals surface area (Å²) in [5.74, 6) is 5.59. The van der Waals surface area contributed by atoms with E-state index in [1.165, 1.54) is 17.7 Å². The van der Waals surface area contributed by atoms with Crippen LogP contribution in [0.5, 0.6) is 0 Å². The molecule has 1 aromatic heterocycles. The Bertz CT molecular complexity index is 593. The molecule has 1 aromatic carbocycles. The van der Waals surface area contributed by atoms with Crippen LogP contribution in [0.3, 0.4) is 0 Å². The van der Waals surface area contributed by atoms with Crippen molar-refractivity contribution in [2.75, 3.05) is 0 Å². The summed E-state index contributed by atoms with van der Waals surface area (Å²) in [4.78, 5) is 1.08. The number of thiophene rings is 1. The van der Waals surface area contributed by atoms with Crippen LogP contribution >= 0.6 is 11.3 Å². The molecule has 0 bridgehead atoms. The lowest BCUT2D eigenvalue weighted by Gasteiger charge is -2.17. The molecule has 2 aromatic rings. The summed E-state index contributed by atoms with van der Waals surface area (Å²) in [5, 5.41) is 1.98. The van der Waals surface area contributed by atoms with E-state index in [4.69, 9.17) is 5.84 Å². The van der Waals surface area contributed by atoms with E-state index in [1.54, 1.807) is 17.4 Å². The number of benzene rings is 1. The molecule has 0 radical (unpaired) electrons. The van der Waals surface area contributed by atoms with Gasteiger partial charge in [0.1, 0.15) is 0 Å². The molecule has 0 fully saturated rings. The monoisotopic (exact) mass is 314 g/mol. The zero-order chi connectivity index (χ0) is 15.5. The third-order valence-corrected chi connectivity index (χ3v) is 4.45. The topological polar surface area (TPSA) is 38.0 Å². The number of halogens is 3. The highest BCUT2D eigenvalue weighted by atomic mass is 32.1. The van der Waals surface area contributed by atoms with Crippen molar-refractivity contribution in [2.24, 2.45) is 5.84 Å². The zero-order valence-corrected chi connectivity index (χ0v) is 12.4. The number of alkyl halides is 3. The molecule has 0 aliphatic carbocycles. The van der Waals surface area contributed by atoms with Crippen LogP contribution < -0.4 is 11.3 Å². The van der Waals surface area contributed by atoms with E-state index < -0.39 is 11.7 Å². The molecular weight excluding hydrogens is 297 g/mol. The van der Waals surface area contributed by atoms with Crippen LogP contribution in [0.4, 0.5) is 13.2 Å². The number of hydrogen-bond donors (Lipinski definition) is 2. The number of hydrazine groups is 1. The van der Waals surface area contributed by atoms with Gasteiger partial charge in [0.15, 0.2) is 0 Å². The van der Waals surface area contributed by atoms with Gasteiger partial charge in [0.25, 0.3) is 0 Å². The first-order chi connectivity index (χ1) is 9.95. The molecule has 6 heteroatoms. The summed E-state index contributed by atoms with van der Waals surface area (Å²) in [7, 11) is 0. The van der Waals surface area contributed by atoms with Gasteiger partial charge in [0.2, 0.25) is 0 Å². The second kappa shape index (κ2) is 6.60. The molecule has 0 aliphatic rings. The van der Waals surface area contributed by atoms with Gasteiger partial charge < -0.3 is 0 Å². The van der Waals surface area contributed by atoms with Crippen molar-refractivity contribution >= 4 is 11.3 Å². The minimum absolute atomic E-state index is 0.177. The summed E-state index contributed by atoms with van der Waals surface area (Å²) >= 11 is 1.57. The van der Waals surface area contributed by atoms with Gasteiger partial charge in [-0.1, -0.05) is 25.1 Å². The summed E-state index contributed by atoms with van der Waals surface area (Å²) in [5.41, 5.74) is 3.88. The fraction of sp³-hybridized carbons (Fsp3) is 0.333. The Morgan fingerprint density at radius 1 is 1.29 bits per heavy atom. The van der Waals surface area contributed by atoms with E-state index in [1.807, 2.05) is 18.4 Å². The average Bonchev–Trinajstić information content (AvgIpc) is 2.92. The van der Waals surface area contributed by atoms with Gasteiger partial charge in [-0.15, -0.1) is 11.3 Å². The molecule has 2 rings (SSSR count). The minimum Gasteiger partial charge on any atom is -0.271 e. The van der Waals surface area contributed by atoms with Crippen LogP contribution in [-0.2, 0) is 19.0 Å². The van der Waals surface area contributed by atoms with Crippen molar-refractivity contribution in [3.63, 3.8) is 0 Å². The first-order valence-corrected chi connectivity index (χ1v) is 7.52. The minimum atomic E-state index is -4.32. The molecule has 1 heterocycles. The Balaban J connectivity index is 2.23. The van der Waals surface area contributed by atoms with Crippen LogP contribution in [-0.4, -0.2) is 0 Å². The maximum Gasteiger partial charge on any atom is 0.416 e. The first-order valence-electron chi connectivity index (χ1n) is 6.64. The van der Waals surface area contributed by atoms with Gasteiger partial charge >= 0.3 is 6.18 Å². The summed E-state index contributed by atoms with van der Waals surface area (Å²) in [6.07, 6.45) is -3.02. The standard InChI is InChI=1S/C15H17F3N2S/c1-2-11-6-7-21-14(11)13(20-19)9-10-4-3-5-12(8-10)15(16,17)18/h3-8,13,20H,2,9,19H2,1H3. The quantitative estimate of drug-likeness (QED) is 0.645. The first kappa shape index (κ1) is 16.0. The molecule has 0 spiro atoms. The van der Waals surface area contributed by atoms with Crippen molar-refractivity contribution in [1.82, 2.24) is 5.43 Å². The van der Waals surface area contributed by atoms with Crippen molar-refractivity contribution < 1.29 is 13.2 Å². The predicted molar refractivity (Wildman–Crippen MR) is 78.9 cm³/mol. The molecule has 1 unspecified atom stereocenters. The highest BCUT2D eigenvalue weighted by molar-refractivity contribution is 7.10. The molecule has 2 nitrogen and oxygen atoms in total. The lowest BCUT2D eigenvalue weighted by Crippen LogP contribution is -2.29. The normalized spacial score (nSPS) is 13.4. The molecule has 0 aliphatic heterocycles. The molecule has 3 N–H and O–H groups in total.